The lowest BCUT2D eigenvalue weighted by molar-refractivity contribution is -0.141. The highest BCUT2D eigenvalue weighted by atomic mass is 16.2. The summed E-state index contributed by atoms with van der Waals surface area (Å²) in [5, 5.41) is 0. The number of carbonyl (C=O) groups is 3. The number of hydrogen-bond acceptors (Lipinski definition) is 3. The second-order valence-corrected chi connectivity index (χ2v) is 6.57. The number of carbonyl (C=O) groups excluding carboxylic acids is 3. The molecule has 2 aliphatic rings. The molecule has 0 saturated heterocycles. The van der Waals surface area contributed by atoms with Crippen molar-refractivity contribution in [3.8, 4) is 0 Å². The number of benzene rings is 1. The summed E-state index contributed by atoms with van der Waals surface area (Å²) in [5.74, 6) is -0.909. The van der Waals surface area contributed by atoms with Crippen molar-refractivity contribution in [2.45, 2.75) is 33.1 Å². The molecule has 0 bridgehead atoms. The maximum absolute atomic E-state index is 12.7. The van der Waals surface area contributed by atoms with Crippen molar-refractivity contribution in [2.75, 3.05) is 0 Å². The van der Waals surface area contributed by atoms with E-state index in [2.05, 4.69) is 0 Å². The average molecular weight is 284 g/mol. The summed E-state index contributed by atoms with van der Waals surface area (Å²) in [6, 6.07) is 7.60. The Morgan fingerprint density at radius 1 is 1.05 bits per heavy atom. The number of ketones is 3. The summed E-state index contributed by atoms with van der Waals surface area (Å²) in [4.78, 5) is 37.3. The third-order valence-electron chi connectivity index (χ3n) is 4.93. The molecule has 3 unspecified atom stereocenters. The SMILES string of the molecule is CC(C)C1C(=O)CCC(C2Cc3ccccc3C2=O)C1=O. The van der Waals surface area contributed by atoms with Crippen LogP contribution in [0, 0.1) is 23.7 Å². The Bertz CT molecular complexity index is 615. The van der Waals surface area contributed by atoms with Gasteiger partial charge in [0.1, 0.15) is 11.6 Å². The normalized spacial score (nSPS) is 29.1. The minimum absolute atomic E-state index is 0.00703. The molecule has 1 aromatic rings. The first-order chi connectivity index (χ1) is 10.0. The molecule has 3 rings (SSSR count). The van der Waals surface area contributed by atoms with Crippen LogP contribution >= 0.6 is 0 Å². The second kappa shape index (κ2) is 5.21. The number of Topliss-reactive ketones (excluding diaryl/α,β-unsaturated/α-hetero) is 3. The molecule has 0 aromatic heterocycles. The van der Waals surface area contributed by atoms with E-state index in [4.69, 9.17) is 0 Å². The van der Waals surface area contributed by atoms with Crippen molar-refractivity contribution in [1.29, 1.82) is 0 Å². The van der Waals surface area contributed by atoms with E-state index in [1.807, 2.05) is 38.1 Å². The van der Waals surface area contributed by atoms with Gasteiger partial charge < -0.3 is 0 Å². The standard InChI is InChI=1S/C18H20O3/c1-10(2)16-15(19)8-7-13(18(16)21)14-9-11-5-3-4-6-12(11)17(14)20/h3-6,10,13-14,16H,7-9H2,1-2H3. The molecular weight excluding hydrogens is 264 g/mol. The molecule has 0 N–H and O–H groups in total. The smallest absolute Gasteiger partial charge is 0.167 e. The molecule has 0 radical (unpaired) electrons. The fourth-order valence-electron chi connectivity index (χ4n) is 3.88. The van der Waals surface area contributed by atoms with E-state index >= 15 is 0 Å². The minimum atomic E-state index is -0.514. The predicted octanol–water partition coefficient (Wildman–Crippen LogP) is 2.86. The molecule has 0 amide bonds. The van der Waals surface area contributed by atoms with E-state index < -0.39 is 5.92 Å². The first-order valence-corrected chi connectivity index (χ1v) is 7.69. The number of hydrogen-bond donors (Lipinski definition) is 0. The van der Waals surface area contributed by atoms with Crippen molar-refractivity contribution in [3.63, 3.8) is 0 Å². The van der Waals surface area contributed by atoms with Crippen molar-refractivity contribution in [2.24, 2.45) is 23.7 Å². The molecule has 110 valence electrons. The predicted molar refractivity (Wildman–Crippen MR) is 79.0 cm³/mol. The zero-order valence-corrected chi connectivity index (χ0v) is 12.5. The highest BCUT2D eigenvalue weighted by Gasteiger charge is 2.46. The van der Waals surface area contributed by atoms with Gasteiger partial charge in [0, 0.05) is 23.8 Å². The van der Waals surface area contributed by atoms with Crippen LogP contribution < -0.4 is 0 Å². The topological polar surface area (TPSA) is 51.2 Å². The zero-order chi connectivity index (χ0) is 15.1. The van der Waals surface area contributed by atoms with Gasteiger partial charge >= 0.3 is 0 Å². The maximum Gasteiger partial charge on any atom is 0.167 e. The Labute approximate surface area is 124 Å². The molecule has 3 heteroatoms. The van der Waals surface area contributed by atoms with Crippen LogP contribution in [-0.4, -0.2) is 17.3 Å². The van der Waals surface area contributed by atoms with Gasteiger partial charge in [-0.1, -0.05) is 38.1 Å². The Balaban J connectivity index is 1.87. The van der Waals surface area contributed by atoms with E-state index in [0.717, 1.165) is 11.1 Å². The van der Waals surface area contributed by atoms with Crippen LogP contribution in [-0.2, 0) is 16.0 Å². The van der Waals surface area contributed by atoms with Gasteiger partial charge in [-0.25, -0.2) is 0 Å². The summed E-state index contributed by atoms with van der Waals surface area (Å²) in [7, 11) is 0. The summed E-state index contributed by atoms with van der Waals surface area (Å²) in [5.41, 5.74) is 1.80. The molecule has 0 heterocycles. The van der Waals surface area contributed by atoms with E-state index in [-0.39, 0.29) is 35.1 Å². The second-order valence-electron chi connectivity index (χ2n) is 6.57. The summed E-state index contributed by atoms with van der Waals surface area (Å²) in [6.07, 6.45) is 1.61. The maximum atomic E-state index is 12.7. The number of fused-ring (bicyclic) bond motifs is 1. The van der Waals surface area contributed by atoms with Crippen molar-refractivity contribution >= 4 is 17.3 Å². The first kappa shape index (κ1) is 14.2. The van der Waals surface area contributed by atoms with Gasteiger partial charge in [-0.05, 0) is 24.3 Å². The fraction of sp³-hybridized carbons (Fsp3) is 0.500. The van der Waals surface area contributed by atoms with Crippen LogP contribution in [0.25, 0.3) is 0 Å². The Hall–Kier alpha value is -1.77. The van der Waals surface area contributed by atoms with Gasteiger partial charge in [0.15, 0.2) is 5.78 Å². The van der Waals surface area contributed by atoms with Gasteiger partial charge in [-0.15, -0.1) is 0 Å². The molecule has 1 saturated carbocycles. The van der Waals surface area contributed by atoms with E-state index in [9.17, 15) is 14.4 Å². The molecule has 21 heavy (non-hydrogen) atoms. The van der Waals surface area contributed by atoms with Crippen LogP contribution in [0.4, 0.5) is 0 Å². The fourth-order valence-corrected chi connectivity index (χ4v) is 3.88. The highest BCUT2D eigenvalue weighted by molar-refractivity contribution is 6.10. The van der Waals surface area contributed by atoms with Crippen molar-refractivity contribution < 1.29 is 14.4 Å². The minimum Gasteiger partial charge on any atom is -0.299 e. The van der Waals surface area contributed by atoms with Crippen LogP contribution in [0.3, 0.4) is 0 Å². The monoisotopic (exact) mass is 284 g/mol. The lowest BCUT2D eigenvalue weighted by Gasteiger charge is -2.31. The van der Waals surface area contributed by atoms with E-state index in [0.29, 0.717) is 19.3 Å². The van der Waals surface area contributed by atoms with Crippen LogP contribution in [0.1, 0.15) is 42.6 Å². The molecule has 3 atom stereocenters. The Morgan fingerprint density at radius 3 is 2.43 bits per heavy atom. The molecular formula is C18H20O3. The third kappa shape index (κ3) is 2.25. The Morgan fingerprint density at radius 2 is 1.76 bits per heavy atom. The molecule has 3 nitrogen and oxygen atoms in total. The van der Waals surface area contributed by atoms with Gasteiger partial charge in [-0.2, -0.15) is 0 Å². The average Bonchev–Trinajstić information content (AvgIpc) is 2.76. The molecule has 1 fully saturated rings. The first-order valence-electron chi connectivity index (χ1n) is 7.69. The third-order valence-corrected chi connectivity index (χ3v) is 4.93. The molecule has 2 aliphatic carbocycles. The van der Waals surface area contributed by atoms with Crippen LogP contribution in [0.15, 0.2) is 24.3 Å². The van der Waals surface area contributed by atoms with Gasteiger partial charge in [0.05, 0.1) is 5.92 Å². The quantitative estimate of drug-likeness (QED) is 0.785. The lowest BCUT2D eigenvalue weighted by Crippen LogP contribution is -2.42. The molecule has 0 spiro atoms. The zero-order valence-electron chi connectivity index (χ0n) is 12.5. The largest absolute Gasteiger partial charge is 0.299 e. The van der Waals surface area contributed by atoms with Gasteiger partial charge in [0.2, 0.25) is 0 Å². The molecule has 0 aliphatic heterocycles. The van der Waals surface area contributed by atoms with Gasteiger partial charge in [0.25, 0.3) is 0 Å². The van der Waals surface area contributed by atoms with Crippen LogP contribution in [0.5, 0.6) is 0 Å². The van der Waals surface area contributed by atoms with Crippen molar-refractivity contribution in [3.05, 3.63) is 35.4 Å². The highest BCUT2D eigenvalue weighted by Crippen LogP contribution is 2.39. The summed E-state index contributed by atoms with van der Waals surface area (Å²) in [6.45, 7) is 3.82. The Kier molecular flexibility index (Phi) is 3.52. The number of rotatable bonds is 2. The lowest BCUT2D eigenvalue weighted by atomic mass is 9.69. The van der Waals surface area contributed by atoms with E-state index in [1.54, 1.807) is 0 Å². The van der Waals surface area contributed by atoms with Crippen molar-refractivity contribution in [1.82, 2.24) is 0 Å². The van der Waals surface area contributed by atoms with E-state index in [1.165, 1.54) is 0 Å². The molecule has 1 aromatic carbocycles. The van der Waals surface area contributed by atoms with Crippen LogP contribution in [0.2, 0.25) is 0 Å². The van der Waals surface area contributed by atoms with Gasteiger partial charge in [-0.3, -0.25) is 14.4 Å². The summed E-state index contributed by atoms with van der Waals surface area (Å²) < 4.78 is 0. The summed E-state index contributed by atoms with van der Waals surface area (Å²) >= 11 is 0.